The first-order valence-corrected chi connectivity index (χ1v) is 9.56. The van der Waals surface area contributed by atoms with Crippen LogP contribution in [-0.2, 0) is 9.59 Å². The number of likely N-dealkylation sites (N-methyl/N-ethyl adjacent to an activating group) is 1. The van der Waals surface area contributed by atoms with E-state index in [2.05, 4.69) is 0 Å². The standard InChI is InChI=1S/C22H22FN3O5/c1-13-7-8-15(12-17(13)23)20(27)18-19(14-5-4-6-16(11-14)26(30)31)25(10-9-24(2)3)22(29)21(18)28/h4-8,11-12,19,27H,9-10H2,1-3H3. The third-order valence-corrected chi connectivity index (χ3v) is 5.17. The van der Waals surface area contributed by atoms with E-state index in [1.54, 1.807) is 27.1 Å². The summed E-state index contributed by atoms with van der Waals surface area (Å²) in [6.45, 7) is 2.14. The minimum Gasteiger partial charge on any atom is -0.507 e. The van der Waals surface area contributed by atoms with Crippen LogP contribution in [0.15, 0.2) is 48.0 Å². The molecule has 0 saturated carbocycles. The van der Waals surface area contributed by atoms with E-state index in [1.807, 2.05) is 4.90 Å². The van der Waals surface area contributed by atoms with Gasteiger partial charge in [0.05, 0.1) is 16.5 Å². The van der Waals surface area contributed by atoms with Gasteiger partial charge in [-0.3, -0.25) is 19.7 Å². The molecule has 1 fully saturated rings. The molecule has 1 atom stereocenters. The maximum atomic E-state index is 14.1. The lowest BCUT2D eigenvalue weighted by atomic mass is 9.94. The monoisotopic (exact) mass is 427 g/mol. The Morgan fingerprint density at radius 3 is 2.55 bits per heavy atom. The number of carbonyl (C=O) groups excluding carboxylic acids is 2. The highest BCUT2D eigenvalue weighted by Crippen LogP contribution is 2.40. The molecule has 1 heterocycles. The summed E-state index contributed by atoms with van der Waals surface area (Å²) in [5.41, 5.74) is 0.272. The summed E-state index contributed by atoms with van der Waals surface area (Å²) in [5.74, 6) is -2.85. The van der Waals surface area contributed by atoms with Gasteiger partial charge in [-0.15, -0.1) is 0 Å². The van der Waals surface area contributed by atoms with E-state index in [4.69, 9.17) is 0 Å². The normalized spacial score (nSPS) is 18.1. The van der Waals surface area contributed by atoms with Crippen LogP contribution >= 0.6 is 0 Å². The zero-order chi connectivity index (χ0) is 22.9. The number of halogens is 1. The molecule has 0 spiro atoms. The van der Waals surface area contributed by atoms with Gasteiger partial charge < -0.3 is 14.9 Å². The molecule has 2 aromatic carbocycles. The fourth-order valence-electron chi connectivity index (χ4n) is 3.47. The van der Waals surface area contributed by atoms with Crippen LogP contribution in [0.4, 0.5) is 10.1 Å². The Morgan fingerprint density at radius 2 is 1.94 bits per heavy atom. The van der Waals surface area contributed by atoms with Crippen molar-refractivity contribution in [3.05, 3.63) is 80.7 Å². The number of aryl methyl sites for hydroxylation is 1. The van der Waals surface area contributed by atoms with Crippen LogP contribution in [0, 0.1) is 22.9 Å². The number of likely N-dealkylation sites (tertiary alicyclic amines) is 1. The molecule has 1 aliphatic rings. The minimum atomic E-state index is -1.04. The van der Waals surface area contributed by atoms with E-state index in [0.29, 0.717) is 17.7 Å². The quantitative estimate of drug-likeness (QED) is 0.250. The molecule has 0 bridgehead atoms. The Balaban J connectivity index is 2.20. The van der Waals surface area contributed by atoms with Crippen LogP contribution in [0.25, 0.3) is 5.76 Å². The third-order valence-electron chi connectivity index (χ3n) is 5.17. The number of ketones is 1. The maximum absolute atomic E-state index is 14.1. The number of nitro groups is 1. The van der Waals surface area contributed by atoms with E-state index in [-0.39, 0.29) is 23.4 Å². The van der Waals surface area contributed by atoms with Crippen LogP contribution in [0.5, 0.6) is 0 Å². The zero-order valence-electron chi connectivity index (χ0n) is 17.3. The summed E-state index contributed by atoms with van der Waals surface area (Å²) in [6.07, 6.45) is 0. The molecule has 31 heavy (non-hydrogen) atoms. The van der Waals surface area contributed by atoms with Crippen molar-refractivity contribution in [1.82, 2.24) is 9.80 Å². The summed E-state index contributed by atoms with van der Waals surface area (Å²) in [6, 6.07) is 8.51. The SMILES string of the molecule is Cc1ccc(C(O)=C2C(=O)C(=O)N(CCN(C)C)C2c2cccc([N+](=O)[O-])c2)cc1F. The van der Waals surface area contributed by atoms with Crippen LogP contribution < -0.4 is 0 Å². The maximum Gasteiger partial charge on any atom is 0.295 e. The number of aliphatic hydroxyl groups excluding tert-OH is 1. The van der Waals surface area contributed by atoms with E-state index in [1.165, 1.54) is 35.2 Å². The summed E-state index contributed by atoms with van der Waals surface area (Å²) < 4.78 is 14.1. The molecular formula is C22H22FN3O5. The molecule has 2 aromatic rings. The van der Waals surface area contributed by atoms with E-state index >= 15 is 0 Å². The number of nitrogens with zero attached hydrogens (tertiary/aromatic N) is 3. The van der Waals surface area contributed by atoms with E-state index in [0.717, 1.165) is 6.07 Å². The molecule has 0 radical (unpaired) electrons. The van der Waals surface area contributed by atoms with Crippen LogP contribution in [0.1, 0.15) is 22.7 Å². The van der Waals surface area contributed by atoms with Gasteiger partial charge in [0, 0.05) is 30.8 Å². The minimum absolute atomic E-state index is 0.0455. The van der Waals surface area contributed by atoms with Crippen LogP contribution in [0.2, 0.25) is 0 Å². The second-order valence-corrected chi connectivity index (χ2v) is 7.61. The number of hydrogen-bond acceptors (Lipinski definition) is 6. The molecule has 1 saturated heterocycles. The van der Waals surface area contributed by atoms with Gasteiger partial charge in [0.15, 0.2) is 0 Å². The van der Waals surface area contributed by atoms with Crippen molar-refractivity contribution in [1.29, 1.82) is 0 Å². The Kier molecular flexibility index (Phi) is 6.16. The van der Waals surface area contributed by atoms with Gasteiger partial charge in [-0.2, -0.15) is 0 Å². The molecule has 0 aromatic heterocycles. The fraction of sp³-hybridized carbons (Fsp3) is 0.273. The molecule has 1 N–H and O–H groups in total. The van der Waals surface area contributed by atoms with Gasteiger partial charge in [0.25, 0.3) is 17.4 Å². The molecule has 8 nitrogen and oxygen atoms in total. The number of rotatable bonds is 6. The molecule has 0 aliphatic carbocycles. The van der Waals surface area contributed by atoms with Crippen LogP contribution in [-0.4, -0.2) is 58.7 Å². The molecule has 1 aliphatic heterocycles. The number of nitro benzene ring substituents is 1. The van der Waals surface area contributed by atoms with E-state index in [9.17, 15) is 29.2 Å². The van der Waals surface area contributed by atoms with Gasteiger partial charge in [0.1, 0.15) is 11.6 Å². The molecule has 9 heteroatoms. The van der Waals surface area contributed by atoms with Gasteiger partial charge in [-0.25, -0.2) is 4.39 Å². The van der Waals surface area contributed by atoms with Crippen molar-refractivity contribution >= 4 is 23.1 Å². The van der Waals surface area contributed by atoms with Gasteiger partial charge in [-0.05, 0) is 38.2 Å². The Hall–Kier alpha value is -3.59. The molecule has 1 amide bonds. The number of carbonyl (C=O) groups is 2. The molecule has 162 valence electrons. The number of hydrogen-bond donors (Lipinski definition) is 1. The van der Waals surface area contributed by atoms with Crippen molar-refractivity contribution < 1.29 is 24.0 Å². The first kappa shape index (κ1) is 22.1. The largest absolute Gasteiger partial charge is 0.507 e. The summed E-state index contributed by atoms with van der Waals surface area (Å²) >= 11 is 0. The number of amides is 1. The first-order chi connectivity index (χ1) is 14.6. The second kappa shape index (κ2) is 8.65. The number of Topliss-reactive ketones (excluding diaryl/α,β-unsaturated/α-hetero) is 1. The van der Waals surface area contributed by atoms with Crippen molar-refractivity contribution in [2.24, 2.45) is 0 Å². The van der Waals surface area contributed by atoms with Crippen molar-refractivity contribution in [2.45, 2.75) is 13.0 Å². The highest BCUT2D eigenvalue weighted by Gasteiger charge is 2.46. The second-order valence-electron chi connectivity index (χ2n) is 7.61. The Labute approximate surface area is 178 Å². The van der Waals surface area contributed by atoms with Crippen molar-refractivity contribution in [3.8, 4) is 0 Å². The lowest BCUT2D eigenvalue weighted by molar-refractivity contribution is -0.384. The van der Waals surface area contributed by atoms with Crippen molar-refractivity contribution in [3.63, 3.8) is 0 Å². The topological polar surface area (TPSA) is 104 Å². The predicted octanol–water partition coefficient (Wildman–Crippen LogP) is 3.03. The van der Waals surface area contributed by atoms with Crippen LogP contribution in [0.3, 0.4) is 0 Å². The zero-order valence-corrected chi connectivity index (χ0v) is 17.3. The summed E-state index contributed by atoms with van der Waals surface area (Å²) in [4.78, 5) is 39.4. The fourth-order valence-corrected chi connectivity index (χ4v) is 3.47. The lowest BCUT2D eigenvalue weighted by Crippen LogP contribution is -2.35. The highest BCUT2D eigenvalue weighted by molar-refractivity contribution is 6.46. The van der Waals surface area contributed by atoms with E-state index < -0.39 is 34.2 Å². The third kappa shape index (κ3) is 4.31. The number of aliphatic hydroxyl groups is 1. The highest BCUT2D eigenvalue weighted by atomic mass is 19.1. The molecule has 1 unspecified atom stereocenters. The lowest BCUT2D eigenvalue weighted by Gasteiger charge is -2.26. The number of non-ortho nitro benzene ring substituents is 1. The first-order valence-electron chi connectivity index (χ1n) is 9.56. The molecular weight excluding hydrogens is 405 g/mol. The Morgan fingerprint density at radius 1 is 1.23 bits per heavy atom. The Bertz CT molecular complexity index is 1100. The smallest absolute Gasteiger partial charge is 0.295 e. The van der Waals surface area contributed by atoms with Gasteiger partial charge >= 0.3 is 0 Å². The predicted molar refractivity (Wildman–Crippen MR) is 112 cm³/mol. The van der Waals surface area contributed by atoms with Gasteiger partial charge in [0.2, 0.25) is 0 Å². The summed E-state index contributed by atoms with van der Waals surface area (Å²) in [5, 5.41) is 22.1. The molecule has 3 rings (SSSR count). The van der Waals surface area contributed by atoms with Crippen molar-refractivity contribution in [2.75, 3.05) is 27.2 Å². The summed E-state index contributed by atoms with van der Waals surface area (Å²) in [7, 11) is 3.60. The number of benzene rings is 2. The average Bonchev–Trinajstić information content (AvgIpc) is 2.98. The van der Waals surface area contributed by atoms with Gasteiger partial charge in [-0.1, -0.05) is 24.3 Å². The average molecular weight is 427 g/mol.